The summed E-state index contributed by atoms with van der Waals surface area (Å²) in [5.41, 5.74) is 1.53. The van der Waals surface area contributed by atoms with Crippen molar-refractivity contribution in [3.8, 4) is 0 Å². The lowest BCUT2D eigenvalue weighted by molar-refractivity contribution is -0.129. The highest BCUT2D eigenvalue weighted by Gasteiger charge is 2.28. The molecule has 1 fully saturated rings. The molecule has 1 aliphatic heterocycles. The molecular weight excluding hydrogens is 264 g/mol. The fourth-order valence-electron chi connectivity index (χ4n) is 2.37. The number of nitrogens with zero attached hydrogens (tertiary/aromatic N) is 2. The van der Waals surface area contributed by atoms with Crippen LogP contribution < -0.4 is 4.90 Å². The molecule has 4 nitrogen and oxygen atoms in total. The second kappa shape index (κ2) is 6.31. The van der Waals surface area contributed by atoms with E-state index in [1.165, 1.54) is 0 Å². The Labute approximate surface area is 126 Å². The first-order chi connectivity index (χ1) is 9.87. The minimum Gasteiger partial charge on any atom is -0.390 e. The van der Waals surface area contributed by atoms with Crippen molar-refractivity contribution in [1.82, 2.24) is 4.90 Å². The maximum Gasteiger partial charge on any atom is 0.246 e. The van der Waals surface area contributed by atoms with Gasteiger partial charge in [-0.05, 0) is 43.5 Å². The highest BCUT2D eigenvalue weighted by Crippen LogP contribution is 2.21. The molecule has 0 saturated carbocycles. The number of hydrogen-bond acceptors (Lipinski definition) is 3. The Bertz CT molecular complexity index is 508. The van der Waals surface area contributed by atoms with Gasteiger partial charge in [0.2, 0.25) is 5.91 Å². The van der Waals surface area contributed by atoms with E-state index in [0.29, 0.717) is 25.9 Å². The Morgan fingerprint density at radius 3 is 2.33 bits per heavy atom. The molecule has 4 heteroatoms. The Morgan fingerprint density at radius 2 is 1.81 bits per heavy atom. The summed E-state index contributed by atoms with van der Waals surface area (Å²) in [7, 11) is 4.00. The van der Waals surface area contributed by atoms with Gasteiger partial charge < -0.3 is 14.9 Å². The first-order valence-corrected chi connectivity index (χ1v) is 7.34. The van der Waals surface area contributed by atoms with Gasteiger partial charge in [0, 0.05) is 38.9 Å². The van der Waals surface area contributed by atoms with Gasteiger partial charge in [-0.2, -0.15) is 0 Å². The lowest BCUT2D eigenvalue weighted by atomic mass is 9.94. The average molecular weight is 288 g/mol. The van der Waals surface area contributed by atoms with Crippen LogP contribution in [-0.4, -0.2) is 48.7 Å². The summed E-state index contributed by atoms with van der Waals surface area (Å²) in [5.74, 6) is 0.0159. The zero-order valence-corrected chi connectivity index (χ0v) is 13.0. The van der Waals surface area contributed by atoms with Gasteiger partial charge in [0.1, 0.15) is 0 Å². The number of carbonyl (C=O) groups is 1. The minimum absolute atomic E-state index is 0.0159. The zero-order chi connectivity index (χ0) is 15.5. The van der Waals surface area contributed by atoms with Crippen LogP contribution in [0.2, 0.25) is 0 Å². The number of piperidine rings is 1. The topological polar surface area (TPSA) is 43.8 Å². The van der Waals surface area contributed by atoms with E-state index in [9.17, 15) is 9.90 Å². The van der Waals surface area contributed by atoms with Crippen molar-refractivity contribution in [3.63, 3.8) is 0 Å². The maximum absolute atomic E-state index is 12.1. The molecule has 1 aliphatic rings. The number of rotatable bonds is 3. The van der Waals surface area contributed by atoms with Gasteiger partial charge in [-0.25, -0.2) is 0 Å². The monoisotopic (exact) mass is 288 g/mol. The summed E-state index contributed by atoms with van der Waals surface area (Å²) in [6.07, 6.45) is 4.74. The largest absolute Gasteiger partial charge is 0.390 e. The van der Waals surface area contributed by atoms with Crippen molar-refractivity contribution >= 4 is 17.7 Å². The van der Waals surface area contributed by atoms with Crippen LogP contribution >= 0.6 is 0 Å². The molecule has 2 rings (SSSR count). The van der Waals surface area contributed by atoms with Crippen LogP contribution in [0.4, 0.5) is 5.69 Å². The Hall–Kier alpha value is -1.81. The fourth-order valence-corrected chi connectivity index (χ4v) is 2.37. The number of benzene rings is 1. The smallest absolute Gasteiger partial charge is 0.246 e. The molecule has 0 aliphatic carbocycles. The van der Waals surface area contributed by atoms with Gasteiger partial charge >= 0.3 is 0 Å². The van der Waals surface area contributed by atoms with E-state index in [4.69, 9.17) is 0 Å². The molecule has 0 atom stereocenters. The molecule has 1 N–H and O–H groups in total. The first-order valence-electron chi connectivity index (χ1n) is 7.34. The van der Waals surface area contributed by atoms with Crippen molar-refractivity contribution in [2.45, 2.75) is 25.4 Å². The van der Waals surface area contributed by atoms with Crippen LogP contribution in [-0.2, 0) is 4.79 Å². The molecule has 0 unspecified atom stereocenters. The van der Waals surface area contributed by atoms with Gasteiger partial charge in [-0.3, -0.25) is 4.79 Å². The molecule has 0 radical (unpaired) electrons. The van der Waals surface area contributed by atoms with Crippen LogP contribution in [0, 0.1) is 0 Å². The fraction of sp³-hybridized carbons (Fsp3) is 0.471. The van der Waals surface area contributed by atoms with E-state index in [2.05, 4.69) is 0 Å². The summed E-state index contributed by atoms with van der Waals surface area (Å²) in [6, 6.07) is 8.06. The van der Waals surface area contributed by atoms with Gasteiger partial charge in [-0.15, -0.1) is 0 Å². The van der Waals surface area contributed by atoms with Crippen LogP contribution in [0.3, 0.4) is 0 Å². The number of hydrogen-bond donors (Lipinski definition) is 1. The van der Waals surface area contributed by atoms with Crippen molar-refractivity contribution in [3.05, 3.63) is 35.9 Å². The van der Waals surface area contributed by atoms with E-state index >= 15 is 0 Å². The molecule has 1 heterocycles. The Kier molecular flexibility index (Phi) is 4.68. The first kappa shape index (κ1) is 15.6. The van der Waals surface area contributed by atoms with E-state index < -0.39 is 5.60 Å². The van der Waals surface area contributed by atoms with Crippen LogP contribution in [0.5, 0.6) is 0 Å². The highest BCUT2D eigenvalue weighted by atomic mass is 16.3. The maximum atomic E-state index is 12.1. The number of likely N-dealkylation sites (tertiary alicyclic amines) is 1. The summed E-state index contributed by atoms with van der Waals surface area (Å²) >= 11 is 0. The summed E-state index contributed by atoms with van der Waals surface area (Å²) in [5, 5.41) is 9.89. The zero-order valence-electron chi connectivity index (χ0n) is 13.0. The quantitative estimate of drug-likeness (QED) is 0.867. The molecular formula is C17H24N2O2. The summed E-state index contributed by atoms with van der Waals surface area (Å²) in [6.45, 7) is 3.07. The van der Waals surface area contributed by atoms with Crippen LogP contribution in [0.1, 0.15) is 25.3 Å². The van der Waals surface area contributed by atoms with E-state index in [1.54, 1.807) is 11.0 Å². The third-order valence-electron chi connectivity index (χ3n) is 3.98. The van der Waals surface area contributed by atoms with Crippen molar-refractivity contribution in [2.24, 2.45) is 0 Å². The third-order valence-corrected chi connectivity index (χ3v) is 3.98. The lowest BCUT2D eigenvalue weighted by Crippen LogP contribution is -2.44. The third kappa shape index (κ3) is 4.33. The summed E-state index contributed by atoms with van der Waals surface area (Å²) in [4.78, 5) is 15.9. The van der Waals surface area contributed by atoms with Gasteiger partial charge in [-0.1, -0.05) is 12.1 Å². The number of carbonyl (C=O) groups excluding carboxylic acids is 1. The Balaban J connectivity index is 1.93. The molecule has 0 spiro atoms. The molecule has 0 bridgehead atoms. The molecule has 1 amide bonds. The number of anilines is 1. The Morgan fingerprint density at radius 1 is 1.24 bits per heavy atom. The molecule has 1 saturated heterocycles. The SMILES string of the molecule is CN(C)c1ccc(/C=C/C(=O)N2CCC(C)(O)CC2)cc1. The molecule has 1 aromatic carbocycles. The number of amides is 1. The molecule has 1 aromatic rings. The average Bonchev–Trinajstić information content (AvgIpc) is 2.45. The predicted octanol–water partition coefficient (Wildman–Crippen LogP) is 2.14. The predicted molar refractivity (Wildman–Crippen MR) is 86.2 cm³/mol. The second-order valence-corrected chi connectivity index (χ2v) is 6.14. The van der Waals surface area contributed by atoms with Gasteiger partial charge in [0.15, 0.2) is 0 Å². The minimum atomic E-state index is -0.623. The second-order valence-electron chi connectivity index (χ2n) is 6.14. The standard InChI is InChI=1S/C17H24N2O2/c1-17(21)10-12-19(13-11-17)16(20)9-6-14-4-7-15(8-5-14)18(2)3/h4-9,21H,10-13H2,1-3H3/b9-6+. The normalized spacial score (nSPS) is 18.0. The van der Waals surface area contributed by atoms with Gasteiger partial charge in [0.25, 0.3) is 0 Å². The summed E-state index contributed by atoms with van der Waals surface area (Å²) < 4.78 is 0. The van der Waals surface area contributed by atoms with Crippen molar-refractivity contribution in [2.75, 3.05) is 32.1 Å². The van der Waals surface area contributed by atoms with Crippen molar-refractivity contribution < 1.29 is 9.90 Å². The molecule has 21 heavy (non-hydrogen) atoms. The van der Waals surface area contributed by atoms with E-state index in [0.717, 1.165) is 11.3 Å². The van der Waals surface area contributed by atoms with Crippen LogP contribution in [0.15, 0.2) is 30.3 Å². The van der Waals surface area contributed by atoms with Gasteiger partial charge in [0.05, 0.1) is 5.60 Å². The highest BCUT2D eigenvalue weighted by molar-refractivity contribution is 5.91. The molecule has 114 valence electrons. The van der Waals surface area contributed by atoms with E-state index in [-0.39, 0.29) is 5.91 Å². The van der Waals surface area contributed by atoms with E-state index in [1.807, 2.05) is 56.3 Å². The lowest BCUT2D eigenvalue weighted by Gasteiger charge is -2.35. The molecule has 0 aromatic heterocycles. The van der Waals surface area contributed by atoms with Crippen LogP contribution in [0.25, 0.3) is 6.08 Å². The van der Waals surface area contributed by atoms with Crippen molar-refractivity contribution in [1.29, 1.82) is 0 Å². The number of aliphatic hydroxyl groups is 1.